The molecule has 1 aromatic carbocycles. The van der Waals surface area contributed by atoms with Gasteiger partial charge in [-0.15, -0.1) is 11.3 Å². The lowest BCUT2D eigenvalue weighted by Crippen LogP contribution is -2.51. The van der Waals surface area contributed by atoms with Gasteiger partial charge in [0.05, 0.1) is 24.2 Å². The third-order valence-corrected chi connectivity index (χ3v) is 6.90. The maximum atomic E-state index is 15.0. The van der Waals surface area contributed by atoms with Gasteiger partial charge in [0, 0.05) is 54.8 Å². The van der Waals surface area contributed by atoms with Gasteiger partial charge in [-0.3, -0.25) is 10.2 Å². The number of thiophene rings is 1. The molecule has 2 aliphatic heterocycles. The molecule has 1 atom stereocenters. The first kappa shape index (κ1) is 24.1. The molecule has 11 heteroatoms. The number of benzene rings is 1. The van der Waals surface area contributed by atoms with Gasteiger partial charge in [0.1, 0.15) is 11.9 Å². The normalized spacial score (nSPS) is 18.1. The van der Waals surface area contributed by atoms with Gasteiger partial charge in [-0.1, -0.05) is 11.2 Å². The summed E-state index contributed by atoms with van der Waals surface area (Å²) >= 11 is 7.13. The Labute approximate surface area is 207 Å². The topological polar surface area (TPSA) is 81.6 Å². The number of hydrogen-bond donors (Lipinski definition) is 2. The predicted molar refractivity (Wildman–Crippen MR) is 137 cm³/mol. The molecule has 0 radical (unpaired) electrons. The highest BCUT2D eigenvalue weighted by Crippen LogP contribution is 2.25. The van der Waals surface area contributed by atoms with Crippen LogP contribution >= 0.6 is 23.6 Å². The first-order valence-electron chi connectivity index (χ1n) is 11.1. The van der Waals surface area contributed by atoms with Gasteiger partial charge in [-0.05, 0) is 43.4 Å². The Balaban J connectivity index is 1.27. The highest BCUT2D eigenvalue weighted by atomic mass is 32.1. The molecule has 1 fully saturated rings. The second-order valence-corrected chi connectivity index (χ2v) is 9.88. The van der Waals surface area contributed by atoms with Gasteiger partial charge < -0.3 is 20.0 Å². The molecule has 2 aromatic rings. The molecule has 0 bridgehead atoms. The SMILES string of the molecule is CC(=O)NCC1CC(c2ccc(N3CCN(C(=S)N/N=C/c4ccc(C)s4)CC3)c(F)c2)=NO1. The third kappa shape index (κ3) is 6.09. The monoisotopic (exact) mass is 502 g/mol. The lowest BCUT2D eigenvalue weighted by Gasteiger charge is -2.37. The zero-order valence-corrected chi connectivity index (χ0v) is 20.7. The molecule has 0 spiro atoms. The fourth-order valence-corrected chi connectivity index (χ4v) is 4.79. The van der Waals surface area contributed by atoms with E-state index in [1.54, 1.807) is 23.6 Å². The minimum atomic E-state index is -0.296. The summed E-state index contributed by atoms with van der Waals surface area (Å²) in [6, 6.07) is 9.21. The number of halogens is 1. The van der Waals surface area contributed by atoms with E-state index in [0.717, 1.165) is 4.88 Å². The van der Waals surface area contributed by atoms with E-state index in [-0.39, 0.29) is 17.8 Å². The molecule has 4 rings (SSSR count). The molecule has 2 N–H and O–H groups in total. The van der Waals surface area contributed by atoms with Crippen LogP contribution in [0.5, 0.6) is 0 Å². The van der Waals surface area contributed by atoms with E-state index in [0.29, 0.717) is 61.2 Å². The van der Waals surface area contributed by atoms with Crippen LogP contribution in [0.2, 0.25) is 0 Å². The smallest absolute Gasteiger partial charge is 0.217 e. The molecule has 1 aromatic heterocycles. The summed E-state index contributed by atoms with van der Waals surface area (Å²) in [5, 5.41) is 11.6. The fourth-order valence-electron chi connectivity index (χ4n) is 3.80. The summed E-state index contributed by atoms with van der Waals surface area (Å²) in [7, 11) is 0. The van der Waals surface area contributed by atoms with Gasteiger partial charge in [-0.25, -0.2) is 4.39 Å². The number of aryl methyl sites for hydroxylation is 1. The molecule has 0 saturated carbocycles. The number of nitrogens with zero attached hydrogens (tertiary/aromatic N) is 4. The standard InChI is InChI=1S/C23H27FN6O2S2/c1-15-3-5-19(34-15)14-26-27-23(33)30-9-7-29(8-10-30)22-6-4-17(11-20(22)24)21-12-18(32-28-21)13-25-16(2)31/h3-6,11,14,18H,7-10,12-13H2,1-2H3,(H,25,31)(H,27,33)/b26-14+. The number of thiocarbonyl (C=S) groups is 1. The van der Waals surface area contributed by atoms with E-state index in [4.69, 9.17) is 17.1 Å². The molecule has 3 heterocycles. The van der Waals surface area contributed by atoms with Crippen molar-refractivity contribution in [2.45, 2.75) is 26.4 Å². The van der Waals surface area contributed by atoms with Crippen molar-refractivity contribution < 1.29 is 14.0 Å². The molecular weight excluding hydrogens is 475 g/mol. The molecule has 0 aliphatic carbocycles. The number of hydrazone groups is 1. The van der Waals surface area contributed by atoms with Crippen LogP contribution in [-0.4, -0.2) is 66.7 Å². The number of oxime groups is 1. The Kier molecular flexibility index (Phi) is 7.73. The van der Waals surface area contributed by atoms with Crippen molar-refractivity contribution in [2.24, 2.45) is 10.3 Å². The van der Waals surface area contributed by atoms with Crippen LogP contribution in [0.3, 0.4) is 0 Å². The molecule has 1 unspecified atom stereocenters. The van der Waals surface area contributed by atoms with Gasteiger partial charge in [0.15, 0.2) is 5.11 Å². The van der Waals surface area contributed by atoms with Crippen LogP contribution in [0, 0.1) is 12.7 Å². The predicted octanol–water partition coefficient (Wildman–Crippen LogP) is 2.86. The van der Waals surface area contributed by atoms with Crippen molar-refractivity contribution >= 4 is 52.2 Å². The van der Waals surface area contributed by atoms with Crippen molar-refractivity contribution in [3.8, 4) is 0 Å². The van der Waals surface area contributed by atoms with Gasteiger partial charge in [0.25, 0.3) is 0 Å². The van der Waals surface area contributed by atoms with Gasteiger partial charge in [-0.2, -0.15) is 5.10 Å². The van der Waals surface area contributed by atoms with Crippen molar-refractivity contribution in [3.63, 3.8) is 0 Å². The van der Waals surface area contributed by atoms with Crippen molar-refractivity contribution in [3.05, 3.63) is 51.5 Å². The number of anilines is 1. The summed E-state index contributed by atoms with van der Waals surface area (Å²) in [4.78, 5) is 22.8. The lowest BCUT2D eigenvalue weighted by molar-refractivity contribution is -0.119. The van der Waals surface area contributed by atoms with E-state index in [1.165, 1.54) is 17.9 Å². The second kappa shape index (κ2) is 10.9. The molecular formula is C23H27FN6O2S2. The molecule has 8 nitrogen and oxygen atoms in total. The van der Waals surface area contributed by atoms with E-state index in [2.05, 4.69) is 34.0 Å². The van der Waals surface area contributed by atoms with E-state index >= 15 is 0 Å². The highest BCUT2D eigenvalue weighted by Gasteiger charge is 2.25. The zero-order valence-electron chi connectivity index (χ0n) is 19.1. The van der Waals surface area contributed by atoms with Crippen LogP contribution in [0.4, 0.5) is 10.1 Å². The fraction of sp³-hybridized carbons (Fsp3) is 0.391. The summed E-state index contributed by atoms with van der Waals surface area (Å²) in [5.41, 5.74) is 4.85. The van der Waals surface area contributed by atoms with Gasteiger partial charge in [0.2, 0.25) is 5.91 Å². The van der Waals surface area contributed by atoms with E-state index in [1.807, 2.05) is 21.9 Å². The molecule has 180 valence electrons. The molecule has 1 amide bonds. The number of carbonyl (C=O) groups is 1. The van der Waals surface area contributed by atoms with Crippen LogP contribution in [0.25, 0.3) is 0 Å². The number of hydrogen-bond acceptors (Lipinski definition) is 7. The maximum Gasteiger partial charge on any atom is 0.217 e. The van der Waals surface area contributed by atoms with Crippen molar-refractivity contribution in [1.82, 2.24) is 15.6 Å². The quantitative estimate of drug-likeness (QED) is 0.359. The van der Waals surface area contributed by atoms with Crippen molar-refractivity contribution in [2.75, 3.05) is 37.6 Å². The molecule has 34 heavy (non-hydrogen) atoms. The van der Waals surface area contributed by atoms with Gasteiger partial charge >= 0.3 is 0 Å². The minimum Gasteiger partial charge on any atom is -0.390 e. The summed E-state index contributed by atoms with van der Waals surface area (Å²) in [6.45, 7) is 6.53. The first-order chi connectivity index (χ1) is 16.4. The molecule has 1 saturated heterocycles. The number of rotatable bonds is 6. The lowest BCUT2D eigenvalue weighted by atomic mass is 10.0. The van der Waals surface area contributed by atoms with Crippen LogP contribution in [0.15, 0.2) is 40.6 Å². The van der Waals surface area contributed by atoms with Crippen LogP contribution < -0.4 is 15.6 Å². The Morgan fingerprint density at radius 3 is 2.79 bits per heavy atom. The Morgan fingerprint density at radius 2 is 2.12 bits per heavy atom. The largest absolute Gasteiger partial charge is 0.390 e. The van der Waals surface area contributed by atoms with Crippen LogP contribution in [0.1, 0.15) is 28.7 Å². The zero-order chi connectivity index (χ0) is 24.1. The van der Waals surface area contributed by atoms with E-state index in [9.17, 15) is 9.18 Å². The third-order valence-electron chi connectivity index (χ3n) is 5.61. The Morgan fingerprint density at radius 1 is 1.32 bits per heavy atom. The van der Waals surface area contributed by atoms with E-state index < -0.39 is 0 Å². The average Bonchev–Trinajstić information content (AvgIpc) is 3.47. The number of amides is 1. The number of piperazine rings is 1. The van der Waals surface area contributed by atoms with Crippen molar-refractivity contribution in [1.29, 1.82) is 0 Å². The summed E-state index contributed by atoms with van der Waals surface area (Å²) in [6.07, 6.45) is 2.06. The summed E-state index contributed by atoms with van der Waals surface area (Å²) in [5.74, 6) is -0.416. The molecule has 2 aliphatic rings. The first-order valence-corrected chi connectivity index (χ1v) is 12.3. The average molecular weight is 503 g/mol. The minimum absolute atomic E-state index is 0.120. The number of carbonyl (C=O) groups excluding carboxylic acids is 1. The number of nitrogens with one attached hydrogen (secondary N) is 2. The maximum absolute atomic E-state index is 15.0. The Hall–Kier alpha value is -3.05. The van der Waals surface area contributed by atoms with Crippen LogP contribution in [-0.2, 0) is 9.63 Å². The summed E-state index contributed by atoms with van der Waals surface area (Å²) < 4.78 is 15.0. The highest BCUT2D eigenvalue weighted by molar-refractivity contribution is 7.80. The Bertz CT molecular complexity index is 1110. The second-order valence-electron chi connectivity index (χ2n) is 8.17.